The lowest BCUT2D eigenvalue weighted by molar-refractivity contribution is -0.114. The molecule has 0 N–H and O–H groups in total. The van der Waals surface area contributed by atoms with E-state index in [-0.39, 0.29) is 11.3 Å². The number of thioether (sulfide) groups is 1. The Labute approximate surface area is 125 Å². The minimum absolute atomic E-state index is 0.0282. The minimum Gasteiger partial charge on any atom is -0.299 e. The molecule has 0 spiro atoms. The van der Waals surface area contributed by atoms with E-state index in [1.165, 1.54) is 28.6 Å². The van der Waals surface area contributed by atoms with E-state index in [2.05, 4.69) is 4.98 Å². The second kappa shape index (κ2) is 5.33. The van der Waals surface area contributed by atoms with Gasteiger partial charge >= 0.3 is 0 Å². The molecule has 0 radical (unpaired) electrons. The van der Waals surface area contributed by atoms with Gasteiger partial charge in [-0.15, -0.1) is 11.3 Å². The summed E-state index contributed by atoms with van der Waals surface area (Å²) in [5.74, 6) is 0.450. The SMILES string of the molecule is CC(=O)CSc1nc2sc3c(c2c(=O)n1C)CCCC3. The molecule has 1 aliphatic carbocycles. The Morgan fingerprint density at radius 1 is 1.40 bits per heavy atom. The third kappa shape index (κ3) is 2.31. The summed E-state index contributed by atoms with van der Waals surface area (Å²) in [5.41, 5.74) is 1.24. The van der Waals surface area contributed by atoms with Gasteiger partial charge in [-0.25, -0.2) is 4.98 Å². The molecule has 106 valence electrons. The van der Waals surface area contributed by atoms with E-state index >= 15 is 0 Å². The molecule has 2 heterocycles. The average Bonchev–Trinajstić information content (AvgIpc) is 2.79. The Hall–Kier alpha value is -1.14. The highest BCUT2D eigenvalue weighted by atomic mass is 32.2. The van der Waals surface area contributed by atoms with Gasteiger partial charge in [0.05, 0.1) is 11.1 Å². The van der Waals surface area contributed by atoms with Crippen molar-refractivity contribution in [2.75, 3.05) is 5.75 Å². The number of rotatable bonds is 3. The summed E-state index contributed by atoms with van der Waals surface area (Å²) >= 11 is 2.99. The number of aryl methyl sites for hydroxylation is 2. The molecule has 4 nitrogen and oxygen atoms in total. The summed E-state index contributed by atoms with van der Waals surface area (Å²) in [4.78, 5) is 30.4. The number of thiophene rings is 1. The largest absolute Gasteiger partial charge is 0.299 e. The molecule has 0 fully saturated rings. The number of carbonyl (C=O) groups excluding carboxylic acids is 1. The van der Waals surface area contributed by atoms with Crippen LogP contribution in [0.25, 0.3) is 10.2 Å². The zero-order valence-electron chi connectivity index (χ0n) is 11.6. The van der Waals surface area contributed by atoms with Crippen LogP contribution in [0.4, 0.5) is 0 Å². The molecule has 0 saturated heterocycles. The lowest BCUT2D eigenvalue weighted by Gasteiger charge is -2.10. The summed E-state index contributed by atoms with van der Waals surface area (Å²) in [7, 11) is 1.74. The van der Waals surface area contributed by atoms with E-state index in [1.807, 2.05) is 0 Å². The molecule has 3 rings (SSSR count). The predicted octanol–water partition coefficient (Wildman–Crippen LogP) is 2.55. The van der Waals surface area contributed by atoms with E-state index in [1.54, 1.807) is 29.9 Å². The van der Waals surface area contributed by atoms with Crippen LogP contribution in [0.5, 0.6) is 0 Å². The van der Waals surface area contributed by atoms with Crippen molar-refractivity contribution in [1.82, 2.24) is 9.55 Å². The van der Waals surface area contributed by atoms with Crippen molar-refractivity contribution in [2.24, 2.45) is 7.05 Å². The van der Waals surface area contributed by atoms with Crippen molar-refractivity contribution in [2.45, 2.75) is 37.8 Å². The van der Waals surface area contributed by atoms with Crippen molar-refractivity contribution in [3.8, 4) is 0 Å². The number of nitrogens with zero attached hydrogens (tertiary/aromatic N) is 2. The van der Waals surface area contributed by atoms with Crippen LogP contribution in [0.3, 0.4) is 0 Å². The number of fused-ring (bicyclic) bond motifs is 3. The molecule has 0 atom stereocenters. The standard InChI is InChI=1S/C14H16N2O2S2/c1-8(17)7-19-14-15-12-11(13(18)16(14)2)9-5-3-4-6-10(9)20-12/h3-7H2,1-2H3. The molecule has 0 aliphatic heterocycles. The number of hydrogen-bond acceptors (Lipinski definition) is 5. The number of ketones is 1. The molecule has 2 aromatic rings. The fourth-order valence-corrected chi connectivity index (χ4v) is 4.64. The van der Waals surface area contributed by atoms with Crippen LogP contribution < -0.4 is 5.56 Å². The summed E-state index contributed by atoms with van der Waals surface area (Å²) < 4.78 is 1.58. The number of aromatic nitrogens is 2. The monoisotopic (exact) mass is 308 g/mol. The Balaban J connectivity index is 2.14. The number of hydrogen-bond donors (Lipinski definition) is 0. The molecule has 2 aromatic heterocycles. The molecule has 6 heteroatoms. The van der Waals surface area contributed by atoms with Crippen molar-refractivity contribution in [1.29, 1.82) is 0 Å². The molecule has 0 aromatic carbocycles. The third-order valence-electron chi connectivity index (χ3n) is 3.56. The van der Waals surface area contributed by atoms with Gasteiger partial charge in [-0.1, -0.05) is 11.8 Å². The first-order chi connectivity index (χ1) is 9.58. The number of carbonyl (C=O) groups is 1. The second-order valence-corrected chi connectivity index (χ2v) is 7.17. The van der Waals surface area contributed by atoms with E-state index in [9.17, 15) is 9.59 Å². The van der Waals surface area contributed by atoms with Gasteiger partial charge in [0.25, 0.3) is 5.56 Å². The fourth-order valence-electron chi connectivity index (χ4n) is 2.56. The van der Waals surface area contributed by atoms with Gasteiger partial charge in [0.1, 0.15) is 10.6 Å². The molecule has 0 amide bonds. The maximum Gasteiger partial charge on any atom is 0.262 e. The number of Topliss-reactive ketones (excluding diaryl/α,β-unsaturated/α-hetero) is 1. The molecular formula is C14H16N2O2S2. The third-order valence-corrected chi connectivity index (χ3v) is 5.92. The van der Waals surface area contributed by atoms with E-state index < -0.39 is 0 Å². The zero-order valence-corrected chi connectivity index (χ0v) is 13.2. The molecule has 1 aliphatic rings. The Bertz CT molecular complexity index is 746. The van der Waals surface area contributed by atoms with Crippen LogP contribution in [0.2, 0.25) is 0 Å². The maximum absolute atomic E-state index is 12.6. The summed E-state index contributed by atoms with van der Waals surface area (Å²) in [6.45, 7) is 1.55. The fraction of sp³-hybridized carbons (Fsp3) is 0.500. The van der Waals surface area contributed by atoms with Crippen LogP contribution in [-0.4, -0.2) is 21.1 Å². The van der Waals surface area contributed by atoms with Gasteiger partial charge in [-0.2, -0.15) is 0 Å². The first-order valence-electron chi connectivity index (χ1n) is 6.71. The quantitative estimate of drug-likeness (QED) is 0.646. The van der Waals surface area contributed by atoms with Crippen molar-refractivity contribution in [3.63, 3.8) is 0 Å². The Morgan fingerprint density at radius 3 is 2.90 bits per heavy atom. The summed E-state index contributed by atoms with van der Waals surface area (Å²) in [6, 6.07) is 0. The lowest BCUT2D eigenvalue weighted by atomic mass is 9.97. The maximum atomic E-state index is 12.6. The van der Waals surface area contributed by atoms with Crippen molar-refractivity contribution < 1.29 is 4.79 Å². The molecular weight excluding hydrogens is 292 g/mol. The zero-order chi connectivity index (χ0) is 14.3. The summed E-state index contributed by atoms with van der Waals surface area (Å²) in [6.07, 6.45) is 4.41. The Morgan fingerprint density at radius 2 is 2.15 bits per heavy atom. The topological polar surface area (TPSA) is 52.0 Å². The van der Waals surface area contributed by atoms with Crippen LogP contribution in [0.15, 0.2) is 9.95 Å². The van der Waals surface area contributed by atoms with E-state index in [0.717, 1.165) is 29.5 Å². The lowest BCUT2D eigenvalue weighted by Crippen LogP contribution is -2.21. The van der Waals surface area contributed by atoms with E-state index in [0.29, 0.717) is 10.9 Å². The van der Waals surface area contributed by atoms with Crippen LogP contribution in [-0.2, 0) is 24.7 Å². The highest BCUT2D eigenvalue weighted by Crippen LogP contribution is 2.34. The van der Waals surface area contributed by atoms with Gasteiger partial charge < -0.3 is 0 Å². The highest BCUT2D eigenvalue weighted by molar-refractivity contribution is 7.99. The minimum atomic E-state index is 0.0282. The average molecular weight is 308 g/mol. The van der Waals surface area contributed by atoms with Crippen molar-refractivity contribution >= 4 is 39.1 Å². The predicted molar refractivity (Wildman–Crippen MR) is 82.9 cm³/mol. The van der Waals surface area contributed by atoms with Gasteiger partial charge in [0.15, 0.2) is 5.16 Å². The first kappa shape index (κ1) is 13.8. The summed E-state index contributed by atoms with van der Waals surface area (Å²) in [5, 5.41) is 1.44. The first-order valence-corrected chi connectivity index (χ1v) is 8.51. The van der Waals surface area contributed by atoms with Gasteiger partial charge in [-0.05, 0) is 38.2 Å². The van der Waals surface area contributed by atoms with Gasteiger partial charge in [0.2, 0.25) is 0 Å². The molecule has 0 unspecified atom stereocenters. The van der Waals surface area contributed by atoms with E-state index in [4.69, 9.17) is 0 Å². The molecule has 20 heavy (non-hydrogen) atoms. The smallest absolute Gasteiger partial charge is 0.262 e. The van der Waals surface area contributed by atoms with Crippen LogP contribution in [0.1, 0.15) is 30.2 Å². The Kier molecular flexibility index (Phi) is 3.69. The van der Waals surface area contributed by atoms with Crippen LogP contribution >= 0.6 is 23.1 Å². The van der Waals surface area contributed by atoms with Gasteiger partial charge in [0, 0.05) is 11.9 Å². The normalized spacial score (nSPS) is 14.5. The van der Waals surface area contributed by atoms with Crippen LogP contribution in [0, 0.1) is 0 Å². The highest BCUT2D eigenvalue weighted by Gasteiger charge is 2.21. The second-order valence-electron chi connectivity index (χ2n) is 5.14. The van der Waals surface area contributed by atoms with Crippen molar-refractivity contribution in [3.05, 3.63) is 20.8 Å². The van der Waals surface area contributed by atoms with Gasteiger partial charge in [-0.3, -0.25) is 14.2 Å². The molecule has 0 saturated carbocycles. The molecule has 0 bridgehead atoms.